The van der Waals surface area contributed by atoms with Crippen molar-refractivity contribution < 1.29 is 13.6 Å². The molecule has 1 aromatic carbocycles. The van der Waals surface area contributed by atoms with Gasteiger partial charge >= 0.3 is 0 Å². The van der Waals surface area contributed by atoms with E-state index in [-0.39, 0.29) is 23.4 Å². The van der Waals surface area contributed by atoms with E-state index in [1.54, 1.807) is 16.8 Å². The molecular weight excluding hydrogens is 348 g/mol. The average Bonchev–Trinajstić information content (AvgIpc) is 2.91. The Kier molecular flexibility index (Phi) is 5.00. The lowest BCUT2D eigenvalue weighted by atomic mass is 9.92. The predicted molar refractivity (Wildman–Crippen MR) is 103 cm³/mol. The van der Waals surface area contributed by atoms with E-state index in [1.807, 2.05) is 33.8 Å². The van der Waals surface area contributed by atoms with Crippen LogP contribution in [0.25, 0.3) is 11.0 Å². The second-order valence-corrected chi connectivity index (χ2v) is 7.99. The Labute approximate surface area is 157 Å². The van der Waals surface area contributed by atoms with E-state index >= 15 is 0 Å². The second-order valence-electron chi connectivity index (χ2n) is 7.99. The molecule has 142 valence electrons. The highest BCUT2D eigenvalue weighted by atomic mass is 19.1. The van der Waals surface area contributed by atoms with Crippen LogP contribution in [0.1, 0.15) is 38.3 Å². The molecule has 0 saturated heterocycles. The first-order chi connectivity index (χ1) is 12.6. The van der Waals surface area contributed by atoms with Crippen molar-refractivity contribution >= 4 is 22.8 Å². The molecule has 0 atom stereocenters. The second kappa shape index (κ2) is 7.10. The quantitative estimate of drug-likeness (QED) is 0.698. The number of amides is 1. The third-order valence-corrected chi connectivity index (χ3v) is 4.28. The number of rotatable bonds is 4. The third-order valence-electron chi connectivity index (χ3n) is 4.28. The van der Waals surface area contributed by atoms with Crippen molar-refractivity contribution in [3.63, 3.8) is 0 Å². The van der Waals surface area contributed by atoms with Crippen LogP contribution in [0.2, 0.25) is 0 Å². The summed E-state index contributed by atoms with van der Waals surface area (Å²) in [6.45, 7) is 7.91. The van der Waals surface area contributed by atoms with Gasteiger partial charge in [-0.25, -0.2) is 13.8 Å². The minimum atomic E-state index is -0.576. The SMILES string of the molecule is Cc1cc2c(ccn2Cc2c(F)cccc2F)nc1NC(=O)CC(C)(C)C. The van der Waals surface area contributed by atoms with Gasteiger partial charge in [-0.3, -0.25) is 4.79 Å². The molecule has 0 fully saturated rings. The Balaban J connectivity index is 1.89. The summed E-state index contributed by atoms with van der Waals surface area (Å²) in [7, 11) is 0. The lowest BCUT2D eigenvalue weighted by Gasteiger charge is -2.17. The Hall–Kier alpha value is -2.76. The van der Waals surface area contributed by atoms with E-state index in [4.69, 9.17) is 0 Å². The van der Waals surface area contributed by atoms with Crippen LogP contribution < -0.4 is 5.32 Å². The van der Waals surface area contributed by atoms with Crippen LogP contribution in [0.3, 0.4) is 0 Å². The Bertz CT molecular complexity index is 982. The summed E-state index contributed by atoms with van der Waals surface area (Å²) in [5, 5.41) is 2.86. The van der Waals surface area contributed by atoms with Gasteiger partial charge in [-0.1, -0.05) is 26.8 Å². The van der Waals surface area contributed by atoms with Crippen LogP contribution in [0.4, 0.5) is 14.6 Å². The maximum absolute atomic E-state index is 13.9. The average molecular weight is 371 g/mol. The van der Waals surface area contributed by atoms with E-state index in [2.05, 4.69) is 10.3 Å². The fourth-order valence-electron chi connectivity index (χ4n) is 2.98. The molecule has 0 unspecified atom stereocenters. The number of aryl methyl sites for hydroxylation is 1. The first-order valence-electron chi connectivity index (χ1n) is 8.83. The summed E-state index contributed by atoms with van der Waals surface area (Å²) in [5.41, 5.74) is 2.09. The number of carbonyl (C=O) groups is 1. The molecule has 27 heavy (non-hydrogen) atoms. The van der Waals surface area contributed by atoms with Gasteiger partial charge in [0.25, 0.3) is 0 Å². The molecule has 3 rings (SSSR count). The fraction of sp³-hybridized carbons (Fsp3) is 0.333. The van der Waals surface area contributed by atoms with Crippen LogP contribution in [0.5, 0.6) is 0 Å². The van der Waals surface area contributed by atoms with Gasteiger partial charge in [-0.15, -0.1) is 0 Å². The number of halogens is 2. The summed E-state index contributed by atoms with van der Waals surface area (Å²) in [6.07, 6.45) is 2.13. The van der Waals surface area contributed by atoms with Gasteiger partial charge in [-0.2, -0.15) is 0 Å². The molecule has 3 aromatic rings. The Morgan fingerprint density at radius 2 is 1.85 bits per heavy atom. The van der Waals surface area contributed by atoms with Crippen molar-refractivity contribution in [2.75, 3.05) is 5.32 Å². The zero-order valence-electron chi connectivity index (χ0n) is 15.9. The van der Waals surface area contributed by atoms with Gasteiger partial charge in [0.1, 0.15) is 17.5 Å². The highest BCUT2D eigenvalue weighted by Gasteiger charge is 2.18. The van der Waals surface area contributed by atoms with Gasteiger partial charge in [0.2, 0.25) is 5.91 Å². The minimum Gasteiger partial charge on any atom is -0.342 e. The molecule has 0 aliphatic rings. The number of hydrogen-bond acceptors (Lipinski definition) is 2. The van der Waals surface area contributed by atoms with E-state index < -0.39 is 11.6 Å². The van der Waals surface area contributed by atoms with Gasteiger partial charge < -0.3 is 9.88 Å². The number of fused-ring (bicyclic) bond motifs is 1. The van der Waals surface area contributed by atoms with Gasteiger partial charge in [0.15, 0.2) is 0 Å². The van der Waals surface area contributed by atoms with Crippen molar-refractivity contribution in [2.45, 2.75) is 40.7 Å². The zero-order chi connectivity index (χ0) is 19.8. The standard InChI is InChI=1S/C21H23F2N3O/c1-13-10-18-17(24-20(13)25-19(27)11-21(2,3)4)8-9-26(18)12-14-15(22)6-5-7-16(14)23/h5-10H,11-12H2,1-4H3,(H,24,25,27). The number of aromatic nitrogens is 2. The molecule has 2 heterocycles. The van der Waals surface area contributed by atoms with Crippen molar-refractivity contribution in [1.82, 2.24) is 9.55 Å². The number of anilines is 1. The van der Waals surface area contributed by atoms with Crippen molar-refractivity contribution in [2.24, 2.45) is 5.41 Å². The van der Waals surface area contributed by atoms with E-state index in [9.17, 15) is 13.6 Å². The van der Waals surface area contributed by atoms with Crippen molar-refractivity contribution in [1.29, 1.82) is 0 Å². The summed E-state index contributed by atoms with van der Waals surface area (Å²) < 4.78 is 29.6. The van der Waals surface area contributed by atoms with E-state index in [0.717, 1.165) is 11.1 Å². The van der Waals surface area contributed by atoms with Crippen LogP contribution >= 0.6 is 0 Å². The van der Waals surface area contributed by atoms with Gasteiger partial charge in [0, 0.05) is 18.2 Å². The largest absolute Gasteiger partial charge is 0.342 e. The molecule has 0 spiro atoms. The number of nitrogens with one attached hydrogen (secondary N) is 1. The maximum atomic E-state index is 13.9. The number of benzene rings is 1. The highest BCUT2D eigenvalue weighted by Crippen LogP contribution is 2.25. The highest BCUT2D eigenvalue weighted by molar-refractivity contribution is 5.92. The predicted octanol–water partition coefficient (Wildman–Crippen LogP) is 5.05. The first-order valence-corrected chi connectivity index (χ1v) is 8.83. The summed E-state index contributed by atoms with van der Waals surface area (Å²) in [6, 6.07) is 7.48. The number of pyridine rings is 1. The van der Waals surface area contributed by atoms with E-state index in [0.29, 0.717) is 17.8 Å². The maximum Gasteiger partial charge on any atom is 0.226 e. The Morgan fingerprint density at radius 3 is 2.48 bits per heavy atom. The van der Waals surface area contributed by atoms with Crippen molar-refractivity contribution in [3.05, 3.63) is 59.3 Å². The molecular formula is C21H23F2N3O. The van der Waals surface area contributed by atoms with Crippen molar-refractivity contribution in [3.8, 4) is 0 Å². The monoisotopic (exact) mass is 371 g/mol. The Morgan fingerprint density at radius 1 is 1.19 bits per heavy atom. The molecule has 4 nitrogen and oxygen atoms in total. The van der Waals surface area contributed by atoms with Crippen LogP contribution in [-0.4, -0.2) is 15.5 Å². The third kappa shape index (κ3) is 4.32. The molecule has 0 saturated carbocycles. The molecule has 0 aliphatic heterocycles. The van der Waals surface area contributed by atoms with Gasteiger partial charge in [0.05, 0.1) is 17.6 Å². The normalized spacial score (nSPS) is 11.8. The van der Waals surface area contributed by atoms with Crippen LogP contribution in [-0.2, 0) is 11.3 Å². The van der Waals surface area contributed by atoms with Gasteiger partial charge in [-0.05, 0) is 42.2 Å². The topological polar surface area (TPSA) is 46.9 Å². The molecule has 1 N–H and O–H groups in total. The lowest BCUT2D eigenvalue weighted by molar-refractivity contribution is -0.117. The number of nitrogens with zero attached hydrogens (tertiary/aromatic N) is 2. The lowest BCUT2D eigenvalue weighted by Crippen LogP contribution is -2.20. The number of hydrogen-bond donors (Lipinski definition) is 1. The zero-order valence-corrected chi connectivity index (χ0v) is 15.9. The first kappa shape index (κ1) is 19.0. The van der Waals surface area contributed by atoms with Crippen LogP contribution in [0, 0.1) is 24.0 Å². The summed E-state index contributed by atoms with van der Waals surface area (Å²) in [5.74, 6) is -0.739. The fourth-order valence-corrected chi connectivity index (χ4v) is 2.98. The molecule has 6 heteroatoms. The molecule has 1 amide bonds. The molecule has 0 radical (unpaired) electrons. The summed E-state index contributed by atoms with van der Waals surface area (Å²) in [4.78, 5) is 16.7. The smallest absolute Gasteiger partial charge is 0.226 e. The summed E-state index contributed by atoms with van der Waals surface area (Å²) >= 11 is 0. The minimum absolute atomic E-state index is 0.00945. The van der Waals surface area contributed by atoms with Crippen LogP contribution in [0.15, 0.2) is 36.5 Å². The van der Waals surface area contributed by atoms with E-state index in [1.165, 1.54) is 18.2 Å². The molecule has 2 aromatic heterocycles. The number of carbonyl (C=O) groups excluding carboxylic acids is 1. The molecule has 0 aliphatic carbocycles. The molecule has 0 bridgehead atoms.